The van der Waals surface area contributed by atoms with Crippen LogP contribution in [0.3, 0.4) is 0 Å². The van der Waals surface area contributed by atoms with Gasteiger partial charge in [-0.1, -0.05) is 39.0 Å². The molecule has 2 aromatic carbocycles. The third-order valence-corrected chi connectivity index (χ3v) is 8.35. The van der Waals surface area contributed by atoms with Crippen molar-refractivity contribution in [3.8, 4) is 6.07 Å². The molecule has 1 saturated heterocycles. The normalized spacial score (nSPS) is 22.6. The molecule has 2 N–H and O–H groups in total. The van der Waals surface area contributed by atoms with Crippen LogP contribution in [0, 0.1) is 16.7 Å². The molecule has 0 unspecified atom stereocenters. The molecule has 3 aromatic rings. The molecule has 6 rings (SSSR count). The standard InChI is InChI=1S/C32H33N5O3/c1-31(2,3)15-27(35-28(38)20-10-11-25-21(12-20)13-22(17-34-25)19-8-9-19)29(39)37-18-32(14-23(37)16-33)24-6-4-5-7-26(24)36-30(32)40/h4-7,10-13,17,19,23,27H,8-9,14-15,18H2,1-3H3,(H,35,38)(H,36,40)/t23-,27-,32-/m0/s1. The molecule has 3 amide bonds. The summed E-state index contributed by atoms with van der Waals surface area (Å²) in [6.45, 7) is 6.12. The number of benzene rings is 2. The Morgan fingerprint density at radius 1 is 1.20 bits per heavy atom. The highest BCUT2D eigenvalue weighted by atomic mass is 16.2. The summed E-state index contributed by atoms with van der Waals surface area (Å²) in [5, 5.41) is 16.8. The van der Waals surface area contributed by atoms with Crippen molar-refractivity contribution >= 4 is 34.3 Å². The van der Waals surface area contributed by atoms with Gasteiger partial charge in [0, 0.05) is 35.8 Å². The molecule has 1 aliphatic carbocycles. The minimum absolute atomic E-state index is 0.0923. The van der Waals surface area contributed by atoms with Gasteiger partial charge >= 0.3 is 0 Å². The van der Waals surface area contributed by atoms with Gasteiger partial charge in [-0.2, -0.15) is 5.26 Å². The number of amides is 3. The first-order valence-corrected chi connectivity index (χ1v) is 13.9. The van der Waals surface area contributed by atoms with Crippen molar-refractivity contribution < 1.29 is 14.4 Å². The summed E-state index contributed by atoms with van der Waals surface area (Å²) in [4.78, 5) is 46.8. The summed E-state index contributed by atoms with van der Waals surface area (Å²) in [6.07, 6.45) is 4.84. The van der Waals surface area contributed by atoms with E-state index in [0.29, 0.717) is 23.6 Å². The van der Waals surface area contributed by atoms with Gasteiger partial charge in [-0.15, -0.1) is 0 Å². The van der Waals surface area contributed by atoms with Crippen molar-refractivity contribution in [2.24, 2.45) is 5.41 Å². The van der Waals surface area contributed by atoms with Gasteiger partial charge in [-0.3, -0.25) is 19.4 Å². The summed E-state index contributed by atoms with van der Waals surface area (Å²) in [5.41, 5.74) is 2.72. The Bertz CT molecular complexity index is 1580. The zero-order valence-electron chi connectivity index (χ0n) is 23.0. The van der Waals surface area contributed by atoms with Crippen molar-refractivity contribution in [2.75, 3.05) is 11.9 Å². The maximum absolute atomic E-state index is 14.1. The first kappa shape index (κ1) is 26.0. The van der Waals surface area contributed by atoms with Crippen LogP contribution in [0.1, 0.15) is 73.9 Å². The van der Waals surface area contributed by atoms with E-state index in [4.69, 9.17) is 0 Å². The van der Waals surface area contributed by atoms with Crippen LogP contribution in [-0.2, 0) is 15.0 Å². The zero-order valence-corrected chi connectivity index (χ0v) is 23.0. The van der Waals surface area contributed by atoms with Gasteiger partial charge in [-0.05, 0) is 72.1 Å². The second-order valence-electron chi connectivity index (χ2n) is 12.6. The van der Waals surface area contributed by atoms with E-state index in [9.17, 15) is 19.6 Å². The summed E-state index contributed by atoms with van der Waals surface area (Å²) in [5.74, 6) is -0.347. The molecule has 204 valence electrons. The largest absolute Gasteiger partial charge is 0.340 e. The number of nitrogens with one attached hydrogen (secondary N) is 2. The monoisotopic (exact) mass is 535 g/mol. The van der Waals surface area contributed by atoms with Gasteiger partial charge in [0.15, 0.2) is 0 Å². The number of pyridine rings is 1. The molecule has 0 bridgehead atoms. The molecule has 8 nitrogen and oxygen atoms in total. The molecule has 0 radical (unpaired) electrons. The number of nitriles is 1. The van der Waals surface area contributed by atoms with E-state index >= 15 is 0 Å². The maximum atomic E-state index is 14.1. The second kappa shape index (κ2) is 9.44. The summed E-state index contributed by atoms with van der Waals surface area (Å²) >= 11 is 0. The van der Waals surface area contributed by atoms with Crippen LogP contribution in [0.4, 0.5) is 5.69 Å². The summed E-state index contributed by atoms with van der Waals surface area (Å²) in [6, 6.07) is 15.5. The van der Waals surface area contributed by atoms with E-state index < -0.39 is 17.5 Å². The molecule has 2 fully saturated rings. The molecule has 3 heterocycles. The number of likely N-dealkylation sites (tertiary alicyclic amines) is 1. The van der Waals surface area contributed by atoms with Crippen LogP contribution < -0.4 is 10.6 Å². The van der Waals surface area contributed by atoms with Gasteiger partial charge in [-0.25, -0.2) is 0 Å². The lowest BCUT2D eigenvalue weighted by atomic mass is 9.80. The number of hydrogen-bond acceptors (Lipinski definition) is 5. The molecule has 2 aliphatic heterocycles. The molecule has 1 spiro atoms. The molecular formula is C32H33N5O3. The van der Waals surface area contributed by atoms with Crippen LogP contribution in [0.15, 0.2) is 54.7 Å². The number of hydrogen-bond donors (Lipinski definition) is 2. The number of rotatable bonds is 5. The molecule has 40 heavy (non-hydrogen) atoms. The molecule has 3 aliphatic rings. The Morgan fingerprint density at radius 3 is 2.70 bits per heavy atom. The number of fused-ring (bicyclic) bond motifs is 3. The van der Waals surface area contributed by atoms with E-state index in [0.717, 1.165) is 16.5 Å². The number of anilines is 1. The Labute approximate surface area is 233 Å². The second-order valence-corrected chi connectivity index (χ2v) is 12.6. The fourth-order valence-electron chi connectivity index (χ4n) is 6.17. The average molecular weight is 536 g/mol. The van der Waals surface area contributed by atoms with Crippen molar-refractivity contribution in [3.05, 3.63) is 71.4 Å². The number of aromatic nitrogens is 1. The lowest BCUT2D eigenvalue weighted by molar-refractivity contribution is -0.134. The van der Waals surface area contributed by atoms with Gasteiger partial charge in [0.2, 0.25) is 11.8 Å². The number of carbonyl (C=O) groups is 3. The van der Waals surface area contributed by atoms with Gasteiger partial charge in [0.1, 0.15) is 12.1 Å². The average Bonchev–Trinajstić information content (AvgIpc) is 3.65. The van der Waals surface area contributed by atoms with Gasteiger partial charge < -0.3 is 15.5 Å². The third-order valence-electron chi connectivity index (χ3n) is 8.35. The number of para-hydroxylation sites is 1. The Balaban J connectivity index is 1.28. The van der Waals surface area contributed by atoms with E-state index in [1.165, 1.54) is 23.3 Å². The SMILES string of the molecule is CC(C)(C)C[C@H](NC(=O)c1ccc2ncc(C3CC3)cc2c1)C(=O)N1C[C@]2(C[C@H]1C#N)C(=O)Nc1ccccc12. The fraction of sp³-hybridized carbons (Fsp3) is 0.406. The topological polar surface area (TPSA) is 115 Å². The highest BCUT2D eigenvalue weighted by Gasteiger charge is 2.56. The zero-order chi connectivity index (χ0) is 28.2. The van der Waals surface area contributed by atoms with E-state index in [1.54, 1.807) is 6.07 Å². The first-order valence-electron chi connectivity index (χ1n) is 13.9. The lowest BCUT2D eigenvalue weighted by Crippen LogP contribution is -2.52. The van der Waals surface area contributed by atoms with Gasteiger partial charge in [0.25, 0.3) is 5.91 Å². The predicted octanol–water partition coefficient (Wildman–Crippen LogP) is 4.66. The maximum Gasteiger partial charge on any atom is 0.251 e. The molecule has 1 saturated carbocycles. The van der Waals surface area contributed by atoms with E-state index in [-0.39, 0.29) is 36.1 Å². The van der Waals surface area contributed by atoms with Crippen LogP contribution in [0.25, 0.3) is 10.9 Å². The highest BCUT2D eigenvalue weighted by Crippen LogP contribution is 2.46. The summed E-state index contributed by atoms with van der Waals surface area (Å²) < 4.78 is 0. The minimum Gasteiger partial charge on any atom is -0.340 e. The van der Waals surface area contributed by atoms with Crippen LogP contribution in [0.5, 0.6) is 0 Å². The fourth-order valence-corrected chi connectivity index (χ4v) is 6.17. The predicted molar refractivity (Wildman–Crippen MR) is 152 cm³/mol. The Kier molecular flexibility index (Phi) is 6.14. The first-order chi connectivity index (χ1) is 19.1. The van der Waals surface area contributed by atoms with Crippen LogP contribution >= 0.6 is 0 Å². The molecule has 8 heteroatoms. The van der Waals surface area contributed by atoms with E-state index in [2.05, 4.69) is 27.8 Å². The summed E-state index contributed by atoms with van der Waals surface area (Å²) in [7, 11) is 0. The van der Waals surface area contributed by atoms with Gasteiger partial charge in [0.05, 0.1) is 17.0 Å². The quantitative estimate of drug-likeness (QED) is 0.493. The highest BCUT2D eigenvalue weighted by molar-refractivity contribution is 6.07. The Hall–Kier alpha value is -4.25. The lowest BCUT2D eigenvalue weighted by Gasteiger charge is -2.31. The molecule has 3 atom stereocenters. The molecule has 1 aromatic heterocycles. The smallest absolute Gasteiger partial charge is 0.251 e. The van der Waals surface area contributed by atoms with Crippen LogP contribution in [0.2, 0.25) is 0 Å². The van der Waals surface area contributed by atoms with Crippen molar-refractivity contribution in [2.45, 2.75) is 69.9 Å². The Morgan fingerprint density at radius 2 is 1.98 bits per heavy atom. The van der Waals surface area contributed by atoms with Crippen molar-refractivity contribution in [1.82, 2.24) is 15.2 Å². The van der Waals surface area contributed by atoms with Crippen molar-refractivity contribution in [1.29, 1.82) is 5.26 Å². The molecular weight excluding hydrogens is 502 g/mol. The minimum atomic E-state index is -0.979. The van der Waals surface area contributed by atoms with E-state index in [1.807, 2.05) is 63.4 Å². The van der Waals surface area contributed by atoms with Crippen molar-refractivity contribution in [3.63, 3.8) is 0 Å². The van der Waals surface area contributed by atoms with Crippen LogP contribution in [-0.4, -0.2) is 46.2 Å². The number of carbonyl (C=O) groups excluding carboxylic acids is 3. The number of nitrogens with zero attached hydrogens (tertiary/aromatic N) is 3. The third kappa shape index (κ3) is 4.60.